The van der Waals surface area contributed by atoms with E-state index in [4.69, 9.17) is 10.5 Å². The van der Waals surface area contributed by atoms with Crippen molar-refractivity contribution in [3.63, 3.8) is 0 Å². The minimum absolute atomic E-state index is 0.140. The van der Waals surface area contributed by atoms with Gasteiger partial charge in [-0.1, -0.05) is 12.1 Å². The lowest BCUT2D eigenvalue weighted by atomic mass is 10.00. The van der Waals surface area contributed by atoms with Crippen LogP contribution in [-0.2, 0) is 20.7 Å². The summed E-state index contributed by atoms with van der Waals surface area (Å²) in [6.45, 7) is 1.75. The van der Waals surface area contributed by atoms with E-state index < -0.39 is 12.0 Å². The molecule has 2 atom stereocenters. The zero-order chi connectivity index (χ0) is 15.6. The van der Waals surface area contributed by atoms with Gasteiger partial charge in [0.05, 0.1) is 12.8 Å². The third-order valence-corrected chi connectivity index (χ3v) is 3.52. The van der Waals surface area contributed by atoms with Crippen LogP contribution >= 0.6 is 0 Å². The number of rotatable bonds is 5. The van der Waals surface area contributed by atoms with Crippen LogP contribution in [0, 0.1) is 0 Å². The van der Waals surface area contributed by atoms with Gasteiger partial charge in [-0.05, 0) is 18.6 Å². The molecular formula is C15H18N2O4. The molecule has 21 heavy (non-hydrogen) atoms. The third kappa shape index (κ3) is 2.80. The molecule has 2 rings (SSSR count). The molecule has 0 saturated heterocycles. The molecule has 1 aromatic carbocycles. The number of nitrogens with zero attached hydrogens (tertiary/aromatic N) is 1. The van der Waals surface area contributed by atoms with Crippen LogP contribution in [0.15, 0.2) is 18.2 Å². The van der Waals surface area contributed by atoms with Crippen LogP contribution in [0.3, 0.4) is 0 Å². The average Bonchev–Trinajstić information content (AvgIpc) is 2.83. The molecule has 112 valence electrons. The number of benzene rings is 1. The molecule has 0 saturated carbocycles. The van der Waals surface area contributed by atoms with Crippen molar-refractivity contribution in [3.8, 4) is 0 Å². The Hall–Kier alpha value is -2.21. The second-order valence-corrected chi connectivity index (χ2v) is 5.17. The van der Waals surface area contributed by atoms with Gasteiger partial charge in [-0.15, -0.1) is 0 Å². The summed E-state index contributed by atoms with van der Waals surface area (Å²) in [6, 6.07) is 4.22. The first-order valence-electron chi connectivity index (χ1n) is 6.71. The lowest BCUT2D eigenvalue weighted by Gasteiger charge is -2.20. The van der Waals surface area contributed by atoms with Crippen LogP contribution in [-0.4, -0.2) is 37.4 Å². The molecule has 1 aliphatic heterocycles. The first kappa shape index (κ1) is 15.2. The fourth-order valence-corrected chi connectivity index (χ4v) is 2.61. The second-order valence-electron chi connectivity index (χ2n) is 5.17. The van der Waals surface area contributed by atoms with E-state index in [0.717, 1.165) is 5.56 Å². The third-order valence-electron chi connectivity index (χ3n) is 3.52. The van der Waals surface area contributed by atoms with E-state index in [1.807, 2.05) is 0 Å². The first-order chi connectivity index (χ1) is 9.99. The van der Waals surface area contributed by atoms with E-state index in [-0.39, 0.29) is 18.2 Å². The number of ketones is 1. The van der Waals surface area contributed by atoms with Gasteiger partial charge >= 0.3 is 5.97 Å². The molecule has 0 fully saturated rings. The molecule has 1 aliphatic rings. The number of anilines is 1. The SMILES string of the molecule is COC(=O)C1Cc2cccc(C(=O)CC(C)N)c2N1C=O. The van der Waals surface area contributed by atoms with E-state index in [1.165, 1.54) is 12.0 Å². The molecule has 0 aromatic heterocycles. The van der Waals surface area contributed by atoms with Crippen molar-refractivity contribution in [2.45, 2.75) is 31.8 Å². The average molecular weight is 290 g/mol. The number of hydrogen-bond acceptors (Lipinski definition) is 5. The Labute approximate surface area is 122 Å². The fourth-order valence-electron chi connectivity index (χ4n) is 2.61. The highest BCUT2D eigenvalue weighted by molar-refractivity contribution is 6.06. The molecule has 2 N–H and O–H groups in total. The minimum atomic E-state index is -0.716. The number of carbonyl (C=O) groups is 3. The summed E-state index contributed by atoms with van der Waals surface area (Å²) in [5.74, 6) is -0.636. The summed E-state index contributed by atoms with van der Waals surface area (Å²) in [5.41, 5.74) is 7.36. The molecule has 0 spiro atoms. The molecule has 2 unspecified atom stereocenters. The van der Waals surface area contributed by atoms with Crippen LogP contribution in [0.5, 0.6) is 0 Å². The number of nitrogens with two attached hydrogens (primary N) is 1. The summed E-state index contributed by atoms with van der Waals surface area (Å²) >= 11 is 0. The zero-order valence-electron chi connectivity index (χ0n) is 12.0. The Morgan fingerprint density at radius 2 is 2.24 bits per heavy atom. The summed E-state index contributed by atoms with van der Waals surface area (Å²) in [5, 5.41) is 0. The summed E-state index contributed by atoms with van der Waals surface area (Å²) in [6.07, 6.45) is 1.10. The minimum Gasteiger partial charge on any atom is -0.467 e. The Morgan fingerprint density at radius 3 is 2.81 bits per heavy atom. The van der Waals surface area contributed by atoms with Crippen molar-refractivity contribution < 1.29 is 19.1 Å². The molecule has 1 heterocycles. The maximum Gasteiger partial charge on any atom is 0.329 e. The first-order valence-corrected chi connectivity index (χ1v) is 6.71. The predicted octanol–water partition coefficient (Wildman–Crippen LogP) is 0.667. The molecular weight excluding hydrogens is 272 g/mol. The maximum atomic E-state index is 12.3. The molecule has 0 bridgehead atoms. The molecule has 6 nitrogen and oxygen atoms in total. The number of amides is 1. The number of para-hydroxylation sites is 1. The van der Waals surface area contributed by atoms with E-state index in [2.05, 4.69) is 0 Å². The molecule has 6 heteroatoms. The standard InChI is InChI=1S/C15H18N2O4/c1-9(16)6-13(19)11-5-3-4-10-7-12(15(20)21-2)17(8-18)14(10)11/h3-5,8-9,12H,6-7,16H2,1-2H3. The Morgan fingerprint density at radius 1 is 1.52 bits per heavy atom. The highest BCUT2D eigenvalue weighted by Crippen LogP contribution is 2.35. The van der Waals surface area contributed by atoms with Crippen LogP contribution < -0.4 is 10.6 Å². The summed E-state index contributed by atoms with van der Waals surface area (Å²) in [4.78, 5) is 36.7. The second kappa shape index (κ2) is 6.05. The normalized spacial score (nSPS) is 18.0. The number of hydrogen-bond donors (Lipinski definition) is 1. The van der Waals surface area contributed by atoms with Crippen molar-refractivity contribution in [1.29, 1.82) is 0 Å². The van der Waals surface area contributed by atoms with Gasteiger partial charge in [-0.3, -0.25) is 14.5 Å². The molecule has 0 aliphatic carbocycles. The van der Waals surface area contributed by atoms with Gasteiger partial charge in [0.2, 0.25) is 6.41 Å². The van der Waals surface area contributed by atoms with Crippen molar-refractivity contribution in [2.75, 3.05) is 12.0 Å². The van der Waals surface area contributed by atoms with Gasteiger partial charge in [0.15, 0.2) is 5.78 Å². The number of carbonyl (C=O) groups excluding carboxylic acids is 3. The van der Waals surface area contributed by atoms with Crippen molar-refractivity contribution in [1.82, 2.24) is 0 Å². The van der Waals surface area contributed by atoms with Crippen LogP contribution in [0.25, 0.3) is 0 Å². The number of ether oxygens (including phenoxy) is 1. The zero-order valence-corrected chi connectivity index (χ0v) is 12.0. The van der Waals surface area contributed by atoms with Gasteiger partial charge in [0.1, 0.15) is 6.04 Å². The summed E-state index contributed by atoms with van der Waals surface area (Å²) < 4.78 is 4.72. The molecule has 1 aromatic rings. The van der Waals surface area contributed by atoms with Crippen molar-refractivity contribution in [2.24, 2.45) is 5.73 Å². The van der Waals surface area contributed by atoms with Crippen LogP contribution in [0.1, 0.15) is 29.3 Å². The lowest BCUT2D eigenvalue weighted by Crippen LogP contribution is -2.39. The quantitative estimate of drug-likeness (QED) is 0.489. The number of esters is 1. The highest BCUT2D eigenvalue weighted by Gasteiger charge is 2.37. The van der Waals surface area contributed by atoms with Crippen molar-refractivity contribution >= 4 is 23.9 Å². The topological polar surface area (TPSA) is 89.7 Å². The monoisotopic (exact) mass is 290 g/mol. The highest BCUT2D eigenvalue weighted by atomic mass is 16.5. The van der Waals surface area contributed by atoms with Crippen LogP contribution in [0.2, 0.25) is 0 Å². The largest absolute Gasteiger partial charge is 0.467 e. The predicted molar refractivity (Wildman–Crippen MR) is 77.1 cm³/mol. The van der Waals surface area contributed by atoms with Gasteiger partial charge in [0.25, 0.3) is 0 Å². The Balaban J connectivity index is 2.43. The van der Waals surface area contributed by atoms with E-state index in [0.29, 0.717) is 24.1 Å². The van der Waals surface area contributed by atoms with Gasteiger partial charge in [-0.2, -0.15) is 0 Å². The number of Topliss-reactive ketones (excluding diaryl/α,β-unsaturated/α-hetero) is 1. The van der Waals surface area contributed by atoms with Gasteiger partial charge < -0.3 is 10.5 Å². The van der Waals surface area contributed by atoms with Crippen LogP contribution in [0.4, 0.5) is 5.69 Å². The van der Waals surface area contributed by atoms with E-state index in [9.17, 15) is 14.4 Å². The molecule has 0 radical (unpaired) electrons. The Kier molecular flexibility index (Phi) is 4.37. The van der Waals surface area contributed by atoms with Gasteiger partial charge in [-0.25, -0.2) is 4.79 Å². The number of fused-ring (bicyclic) bond motifs is 1. The Bertz CT molecular complexity index is 583. The smallest absolute Gasteiger partial charge is 0.329 e. The van der Waals surface area contributed by atoms with Crippen molar-refractivity contribution in [3.05, 3.63) is 29.3 Å². The van der Waals surface area contributed by atoms with E-state index in [1.54, 1.807) is 25.1 Å². The number of methoxy groups -OCH3 is 1. The molecule has 1 amide bonds. The lowest BCUT2D eigenvalue weighted by molar-refractivity contribution is -0.142. The fraction of sp³-hybridized carbons (Fsp3) is 0.400. The summed E-state index contributed by atoms with van der Waals surface area (Å²) in [7, 11) is 1.27. The van der Waals surface area contributed by atoms with E-state index >= 15 is 0 Å². The maximum absolute atomic E-state index is 12.3. The van der Waals surface area contributed by atoms with Gasteiger partial charge in [0, 0.05) is 24.4 Å².